The summed E-state index contributed by atoms with van der Waals surface area (Å²) in [4.78, 5) is 25.2. The first-order chi connectivity index (χ1) is 11.7. The van der Waals surface area contributed by atoms with Crippen LogP contribution in [0.25, 0.3) is 0 Å². The second-order valence-corrected chi connectivity index (χ2v) is 8.63. The first-order valence-corrected chi connectivity index (χ1v) is 10.2. The molecule has 138 valence electrons. The molecule has 0 radical (unpaired) electrons. The van der Waals surface area contributed by atoms with Crippen molar-refractivity contribution < 1.29 is 18.0 Å². The number of primary amides is 1. The van der Waals surface area contributed by atoms with E-state index in [0.29, 0.717) is 31.0 Å². The van der Waals surface area contributed by atoms with Crippen LogP contribution in [-0.2, 0) is 26.2 Å². The summed E-state index contributed by atoms with van der Waals surface area (Å²) in [5.74, 6) is -0.848. The topological polar surface area (TPSA) is 101 Å². The van der Waals surface area contributed by atoms with Gasteiger partial charge >= 0.3 is 0 Å². The van der Waals surface area contributed by atoms with Gasteiger partial charge in [-0.2, -0.15) is 4.31 Å². The predicted molar refractivity (Wildman–Crippen MR) is 95.2 cm³/mol. The van der Waals surface area contributed by atoms with Crippen LogP contribution in [0.3, 0.4) is 0 Å². The van der Waals surface area contributed by atoms with Gasteiger partial charge in [0.05, 0.1) is 12.8 Å². The number of hydrogen-bond acceptors (Lipinski definition) is 4. The highest BCUT2D eigenvalue weighted by atomic mass is 35.5. The largest absolute Gasteiger partial charge is 0.369 e. The Labute approximate surface area is 152 Å². The summed E-state index contributed by atoms with van der Waals surface area (Å²) in [6, 6.07) is 6.80. The molecule has 1 aromatic carbocycles. The number of piperidine rings is 1. The van der Waals surface area contributed by atoms with Gasteiger partial charge in [0.25, 0.3) is 0 Å². The summed E-state index contributed by atoms with van der Waals surface area (Å²) in [6.07, 6.45) is 2.10. The fourth-order valence-electron chi connectivity index (χ4n) is 2.75. The highest BCUT2D eigenvalue weighted by molar-refractivity contribution is 7.88. The van der Waals surface area contributed by atoms with E-state index in [4.69, 9.17) is 17.3 Å². The normalized spacial score (nSPS) is 16.2. The van der Waals surface area contributed by atoms with Crippen molar-refractivity contribution in [2.24, 2.45) is 11.7 Å². The number of likely N-dealkylation sites (tertiary alicyclic amines) is 1. The van der Waals surface area contributed by atoms with Crippen molar-refractivity contribution in [2.75, 3.05) is 25.9 Å². The molecule has 2 rings (SSSR count). The molecule has 1 fully saturated rings. The molecular weight excluding hydrogens is 366 g/mol. The molecule has 2 N–H and O–H groups in total. The monoisotopic (exact) mass is 387 g/mol. The molecule has 25 heavy (non-hydrogen) atoms. The van der Waals surface area contributed by atoms with Gasteiger partial charge < -0.3 is 10.6 Å². The Bertz CT molecular complexity index is 728. The van der Waals surface area contributed by atoms with Crippen molar-refractivity contribution in [3.05, 3.63) is 34.9 Å². The maximum absolute atomic E-state index is 12.5. The smallest absolute Gasteiger partial charge is 0.237 e. The Morgan fingerprint density at radius 3 is 2.28 bits per heavy atom. The number of nitrogens with two attached hydrogens (primary N) is 1. The Balaban J connectivity index is 2.01. The molecular formula is C16H22ClN3O4S. The second-order valence-electron chi connectivity index (χ2n) is 6.21. The zero-order chi connectivity index (χ0) is 18.6. The molecule has 0 aliphatic carbocycles. The lowest BCUT2D eigenvalue weighted by Gasteiger charge is -2.32. The van der Waals surface area contributed by atoms with Crippen LogP contribution in [0.15, 0.2) is 24.3 Å². The molecule has 9 heteroatoms. The zero-order valence-corrected chi connectivity index (χ0v) is 15.6. The molecule has 0 unspecified atom stereocenters. The molecule has 0 spiro atoms. The molecule has 0 saturated carbocycles. The van der Waals surface area contributed by atoms with E-state index in [9.17, 15) is 18.0 Å². The van der Waals surface area contributed by atoms with Gasteiger partial charge in [0.15, 0.2) is 0 Å². The van der Waals surface area contributed by atoms with E-state index in [1.54, 1.807) is 29.2 Å². The Morgan fingerprint density at radius 1 is 1.24 bits per heavy atom. The molecule has 7 nitrogen and oxygen atoms in total. The van der Waals surface area contributed by atoms with Gasteiger partial charge in [-0.25, -0.2) is 8.42 Å². The number of carbonyl (C=O) groups excluding carboxylic acids is 2. The number of sulfonamides is 1. The number of halogens is 1. The summed E-state index contributed by atoms with van der Waals surface area (Å²) in [5.41, 5.74) is 6.03. The van der Waals surface area contributed by atoms with Crippen molar-refractivity contribution in [1.82, 2.24) is 9.21 Å². The van der Waals surface area contributed by atoms with Gasteiger partial charge in [-0.15, -0.1) is 0 Å². The van der Waals surface area contributed by atoms with Crippen molar-refractivity contribution >= 4 is 33.4 Å². The Hall–Kier alpha value is -1.64. The number of amides is 2. The van der Waals surface area contributed by atoms with Gasteiger partial charge in [0.2, 0.25) is 21.8 Å². The number of benzene rings is 1. The van der Waals surface area contributed by atoms with Gasteiger partial charge in [-0.05, 0) is 30.5 Å². The van der Waals surface area contributed by atoms with E-state index < -0.39 is 10.0 Å². The molecule has 1 aliphatic heterocycles. The highest BCUT2D eigenvalue weighted by Gasteiger charge is 2.28. The minimum atomic E-state index is -3.55. The van der Waals surface area contributed by atoms with Crippen molar-refractivity contribution in [2.45, 2.75) is 19.4 Å². The fraction of sp³-hybridized carbons (Fsp3) is 0.500. The molecule has 0 atom stereocenters. The molecule has 0 bridgehead atoms. The van der Waals surface area contributed by atoms with E-state index >= 15 is 0 Å². The third kappa shape index (κ3) is 5.69. The lowest BCUT2D eigenvalue weighted by atomic mass is 9.96. The summed E-state index contributed by atoms with van der Waals surface area (Å²) >= 11 is 5.83. The predicted octanol–water partition coefficient (Wildman–Crippen LogP) is 0.825. The highest BCUT2D eigenvalue weighted by Crippen LogP contribution is 2.18. The van der Waals surface area contributed by atoms with Gasteiger partial charge in [-0.1, -0.05) is 23.7 Å². The van der Waals surface area contributed by atoms with Crippen LogP contribution in [-0.4, -0.2) is 55.3 Å². The minimum Gasteiger partial charge on any atom is -0.369 e. The standard InChI is InChI=1S/C16H22ClN3O4S/c1-25(23,24)20(10-12-2-4-14(17)5-3-12)11-15(21)19-8-6-13(7-9-19)16(18)22/h2-5,13H,6-11H2,1H3,(H2,18,22). The van der Waals surface area contributed by atoms with Crippen LogP contribution in [0.4, 0.5) is 0 Å². The molecule has 1 aromatic rings. The SMILES string of the molecule is CS(=O)(=O)N(CC(=O)N1CCC(C(N)=O)CC1)Cc1ccc(Cl)cc1. The number of nitrogens with zero attached hydrogens (tertiary/aromatic N) is 2. The lowest BCUT2D eigenvalue weighted by Crippen LogP contribution is -2.46. The average Bonchev–Trinajstić information content (AvgIpc) is 2.55. The Kier molecular flexibility index (Phi) is 6.42. The summed E-state index contributed by atoms with van der Waals surface area (Å²) < 4.78 is 25.2. The van der Waals surface area contributed by atoms with Crippen molar-refractivity contribution in [1.29, 1.82) is 0 Å². The van der Waals surface area contributed by atoms with Crippen LogP contribution in [0.2, 0.25) is 5.02 Å². The molecule has 2 amide bonds. The van der Waals surface area contributed by atoms with Gasteiger partial charge in [-0.3, -0.25) is 9.59 Å². The van der Waals surface area contributed by atoms with E-state index in [1.807, 2.05) is 0 Å². The van der Waals surface area contributed by atoms with Crippen LogP contribution < -0.4 is 5.73 Å². The maximum atomic E-state index is 12.5. The van der Waals surface area contributed by atoms with Crippen LogP contribution in [0, 0.1) is 5.92 Å². The van der Waals surface area contributed by atoms with E-state index in [1.165, 1.54) is 0 Å². The van der Waals surface area contributed by atoms with E-state index in [2.05, 4.69) is 0 Å². The van der Waals surface area contributed by atoms with Crippen LogP contribution in [0.5, 0.6) is 0 Å². The summed E-state index contributed by atoms with van der Waals surface area (Å²) in [5, 5.41) is 0.558. The van der Waals surface area contributed by atoms with E-state index in [0.717, 1.165) is 16.1 Å². The van der Waals surface area contributed by atoms with Crippen LogP contribution in [0.1, 0.15) is 18.4 Å². The molecule has 1 aliphatic rings. The zero-order valence-electron chi connectivity index (χ0n) is 14.0. The quantitative estimate of drug-likeness (QED) is 0.780. The number of carbonyl (C=O) groups is 2. The third-order valence-electron chi connectivity index (χ3n) is 4.30. The van der Waals surface area contributed by atoms with Gasteiger partial charge in [0, 0.05) is 30.6 Å². The van der Waals surface area contributed by atoms with Crippen LogP contribution >= 0.6 is 11.6 Å². The molecule has 1 saturated heterocycles. The molecule has 0 aromatic heterocycles. The number of rotatable bonds is 6. The Morgan fingerprint density at radius 2 is 1.80 bits per heavy atom. The fourth-order valence-corrected chi connectivity index (χ4v) is 3.60. The maximum Gasteiger partial charge on any atom is 0.237 e. The first-order valence-electron chi connectivity index (χ1n) is 7.93. The van der Waals surface area contributed by atoms with Gasteiger partial charge in [0.1, 0.15) is 0 Å². The lowest BCUT2D eigenvalue weighted by molar-refractivity contribution is -0.135. The third-order valence-corrected chi connectivity index (χ3v) is 5.75. The average molecular weight is 388 g/mol. The van der Waals surface area contributed by atoms with Crippen molar-refractivity contribution in [3.63, 3.8) is 0 Å². The first kappa shape index (κ1) is 19.7. The number of hydrogen-bond donors (Lipinski definition) is 1. The summed E-state index contributed by atoms with van der Waals surface area (Å²) in [7, 11) is -3.55. The van der Waals surface area contributed by atoms with E-state index in [-0.39, 0.29) is 30.8 Å². The second kappa shape index (κ2) is 8.16. The minimum absolute atomic E-state index is 0.0967. The van der Waals surface area contributed by atoms with Crippen molar-refractivity contribution in [3.8, 4) is 0 Å². The molecule has 1 heterocycles. The summed E-state index contributed by atoms with van der Waals surface area (Å²) in [6.45, 7) is 0.679.